The lowest BCUT2D eigenvalue weighted by molar-refractivity contribution is -0.383. The molecule has 0 fully saturated rings. The predicted octanol–water partition coefficient (Wildman–Crippen LogP) is 2.79. The summed E-state index contributed by atoms with van der Waals surface area (Å²) in [5.41, 5.74) is 2.64. The number of aromatic nitrogens is 3. The fourth-order valence-corrected chi connectivity index (χ4v) is 2.21. The Morgan fingerprint density at radius 2 is 2.19 bits per heavy atom. The largest absolute Gasteiger partial charge is 0.379 e. The molecule has 0 aliphatic carbocycles. The summed E-state index contributed by atoms with van der Waals surface area (Å²) in [6, 6.07) is 5.06. The van der Waals surface area contributed by atoms with Crippen molar-refractivity contribution in [3.05, 3.63) is 58.4 Å². The molecule has 0 atom stereocenters. The minimum atomic E-state index is -0.391. The van der Waals surface area contributed by atoms with Crippen molar-refractivity contribution in [3.8, 4) is 0 Å². The van der Waals surface area contributed by atoms with Crippen LogP contribution in [0.1, 0.15) is 11.4 Å². The lowest BCUT2D eigenvalue weighted by Crippen LogP contribution is -2.01. The average molecular weight is 283 g/mol. The lowest BCUT2D eigenvalue weighted by Gasteiger charge is -2.09. The fraction of sp³-hybridized carbons (Fsp3) is 0.143. The van der Waals surface area contributed by atoms with Crippen LogP contribution in [0.25, 0.3) is 10.8 Å². The highest BCUT2D eigenvalue weighted by Gasteiger charge is 2.14. The fourth-order valence-electron chi connectivity index (χ4n) is 2.21. The Morgan fingerprint density at radius 1 is 1.33 bits per heavy atom. The van der Waals surface area contributed by atoms with E-state index in [1.54, 1.807) is 24.8 Å². The summed E-state index contributed by atoms with van der Waals surface area (Å²) in [5, 5.41) is 15.7. The quantitative estimate of drug-likeness (QED) is 0.567. The van der Waals surface area contributed by atoms with Gasteiger partial charge in [-0.3, -0.25) is 15.1 Å². The Labute approximate surface area is 120 Å². The molecule has 0 aliphatic rings. The first-order chi connectivity index (χ1) is 10.1. The number of nitro groups is 1. The Kier molecular flexibility index (Phi) is 3.23. The second-order valence-electron chi connectivity index (χ2n) is 4.69. The molecule has 106 valence electrons. The number of pyridine rings is 1. The zero-order valence-corrected chi connectivity index (χ0v) is 11.3. The van der Waals surface area contributed by atoms with E-state index in [2.05, 4.69) is 20.3 Å². The number of hydrogen-bond donors (Lipinski definition) is 2. The summed E-state index contributed by atoms with van der Waals surface area (Å²) in [4.78, 5) is 21.8. The zero-order chi connectivity index (χ0) is 14.8. The maximum Gasteiger partial charge on any atom is 0.278 e. The lowest BCUT2D eigenvalue weighted by atomic mass is 10.1. The van der Waals surface area contributed by atoms with Crippen LogP contribution in [-0.2, 0) is 6.54 Å². The molecule has 0 saturated heterocycles. The van der Waals surface area contributed by atoms with Crippen LogP contribution in [0, 0.1) is 17.0 Å². The number of nitrogens with one attached hydrogen (secondary N) is 2. The number of benzene rings is 1. The van der Waals surface area contributed by atoms with Crippen molar-refractivity contribution >= 4 is 22.1 Å². The number of aryl methyl sites for hydroxylation is 1. The number of imidazole rings is 1. The van der Waals surface area contributed by atoms with Gasteiger partial charge in [-0.05, 0) is 19.1 Å². The zero-order valence-electron chi connectivity index (χ0n) is 11.3. The number of nitro benzene ring substituents is 1. The van der Waals surface area contributed by atoms with E-state index < -0.39 is 4.92 Å². The van der Waals surface area contributed by atoms with Crippen molar-refractivity contribution in [2.75, 3.05) is 5.32 Å². The summed E-state index contributed by atoms with van der Waals surface area (Å²) in [5.74, 6) is 0. The topological polar surface area (TPSA) is 96.7 Å². The molecule has 0 unspecified atom stereocenters. The molecule has 2 heterocycles. The summed E-state index contributed by atoms with van der Waals surface area (Å²) in [7, 11) is 0. The van der Waals surface area contributed by atoms with Crippen LogP contribution in [-0.4, -0.2) is 19.9 Å². The molecule has 0 saturated carbocycles. The molecular weight excluding hydrogens is 270 g/mol. The van der Waals surface area contributed by atoms with Crippen LogP contribution in [0.15, 0.2) is 36.9 Å². The third-order valence-electron chi connectivity index (χ3n) is 3.24. The van der Waals surface area contributed by atoms with Gasteiger partial charge in [0.25, 0.3) is 5.69 Å². The standard InChI is InChI=1S/C14H13N5O2/c1-9-4-11-12(7-16-9)14(19(20)21)3-2-13(11)17-6-10-5-15-8-18-10/h2-5,7-8,17H,6H2,1H3,(H,15,18). The van der Waals surface area contributed by atoms with Crippen molar-refractivity contribution in [2.24, 2.45) is 0 Å². The molecular formula is C14H13N5O2. The van der Waals surface area contributed by atoms with Gasteiger partial charge in [-0.15, -0.1) is 0 Å². The SMILES string of the molecule is Cc1cc2c(NCc3cnc[nH]3)ccc([N+](=O)[O-])c2cn1. The van der Waals surface area contributed by atoms with Crippen molar-refractivity contribution < 1.29 is 4.92 Å². The maximum absolute atomic E-state index is 11.1. The summed E-state index contributed by atoms with van der Waals surface area (Å²) >= 11 is 0. The Balaban J connectivity index is 2.04. The molecule has 2 N–H and O–H groups in total. The van der Waals surface area contributed by atoms with Gasteiger partial charge in [0.2, 0.25) is 0 Å². The number of non-ortho nitro benzene ring substituents is 1. The Morgan fingerprint density at radius 3 is 2.90 bits per heavy atom. The number of H-pyrrole nitrogens is 1. The highest BCUT2D eigenvalue weighted by atomic mass is 16.6. The minimum Gasteiger partial charge on any atom is -0.379 e. The van der Waals surface area contributed by atoms with E-state index in [4.69, 9.17) is 0 Å². The molecule has 3 aromatic rings. The maximum atomic E-state index is 11.1. The van der Waals surface area contributed by atoms with Gasteiger partial charge in [0.05, 0.1) is 28.9 Å². The van der Waals surface area contributed by atoms with E-state index in [1.165, 1.54) is 6.07 Å². The van der Waals surface area contributed by atoms with Gasteiger partial charge < -0.3 is 10.3 Å². The molecule has 2 aromatic heterocycles. The van der Waals surface area contributed by atoms with Gasteiger partial charge in [0.15, 0.2) is 0 Å². The third-order valence-corrected chi connectivity index (χ3v) is 3.24. The van der Waals surface area contributed by atoms with Gasteiger partial charge in [-0.2, -0.15) is 0 Å². The van der Waals surface area contributed by atoms with E-state index in [1.807, 2.05) is 13.0 Å². The van der Waals surface area contributed by atoms with Gasteiger partial charge in [-0.1, -0.05) is 0 Å². The number of rotatable bonds is 4. The van der Waals surface area contributed by atoms with Crippen molar-refractivity contribution in [1.82, 2.24) is 15.0 Å². The Bertz CT molecular complexity index is 798. The van der Waals surface area contributed by atoms with Crippen LogP contribution in [0.2, 0.25) is 0 Å². The van der Waals surface area contributed by atoms with Crippen LogP contribution >= 0.6 is 0 Å². The average Bonchev–Trinajstić information content (AvgIpc) is 2.97. The van der Waals surface area contributed by atoms with E-state index in [0.29, 0.717) is 11.9 Å². The van der Waals surface area contributed by atoms with Gasteiger partial charge in [0, 0.05) is 35.2 Å². The highest BCUT2D eigenvalue weighted by Crippen LogP contribution is 2.31. The number of nitrogens with zero attached hydrogens (tertiary/aromatic N) is 3. The van der Waals surface area contributed by atoms with E-state index in [0.717, 1.165) is 22.5 Å². The van der Waals surface area contributed by atoms with Crippen LogP contribution in [0.5, 0.6) is 0 Å². The van der Waals surface area contributed by atoms with E-state index in [9.17, 15) is 10.1 Å². The molecule has 1 aromatic carbocycles. The normalized spacial score (nSPS) is 10.7. The Hall–Kier alpha value is -2.96. The van der Waals surface area contributed by atoms with E-state index in [-0.39, 0.29) is 5.69 Å². The molecule has 7 heteroatoms. The smallest absolute Gasteiger partial charge is 0.278 e. The summed E-state index contributed by atoms with van der Waals surface area (Å²) in [6.07, 6.45) is 4.89. The minimum absolute atomic E-state index is 0.0598. The van der Waals surface area contributed by atoms with Crippen LogP contribution in [0.3, 0.4) is 0 Å². The van der Waals surface area contributed by atoms with Gasteiger partial charge >= 0.3 is 0 Å². The van der Waals surface area contributed by atoms with Crippen molar-refractivity contribution in [1.29, 1.82) is 0 Å². The molecule has 0 radical (unpaired) electrons. The molecule has 0 bridgehead atoms. The van der Waals surface area contributed by atoms with Crippen LogP contribution < -0.4 is 5.32 Å². The second kappa shape index (κ2) is 5.20. The third kappa shape index (κ3) is 2.53. The number of hydrogen-bond acceptors (Lipinski definition) is 5. The predicted molar refractivity (Wildman–Crippen MR) is 79.0 cm³/mol. The number of anilines is 1. The molecule has 0 spiro atoms. The molecule has 3 rings (SSSR count). The summed E-state index contributed by atoms with van der Waals surface area (Å²) in [6.45, 7) is 2.42. The van der Waals surface area contributed by atoms with Gasteiger partial charge in [-0.25, -0.2) is 4.98 Å². The molecule has 7 nitrogen and oxygen atoms in total. The second-order valence-corrected chi connectivity index (χ2v) is 4.69. The first-order valence-corrected chi connectivity index (χ1v) is 6.40. The monoisotopic (exact) mass is 283 g/mol. The first kappa shape index (κ1) is 13.0. The number of aromatic amines is 1. The first-order valence-electron chi connectivity index (χ1n) is 6.40. The molecule has 21 heavy (non-hydrogen) atoms. The summed E-state index contributed by atoms with van der Waals surface area (Å²) < 4.78 is 0. The number of fused-ring (bicyclic) bond motifs is 1. The highest BCUT2D eigenvalue weighted by molar-refractivity contribution is 5.99. The van der Waals surface area contributed by atoms with Gasteiger partial charge in [0.1, 0.15) is 0 Å². The van der Waals surface area contributed by atoms with Crippen molar-refractivity contribution in [2.45, 2.75) is 13.5 Å². The van der Waals surface area contributed by atoms with E-state index >= 15 is 0 Å². The molecule has 0 aliphatic heterocycles. The van der Waals surface area contributed by atoms with Crippen LogP contribution in [0.4, 0.5) is 11.4 Å². The molecule has 0 amide bonds. The van der Waals surface area contributed by atoms with Crippen molar-refractivity contribution in [3.63, 3.8) is 0 Å².